The zero-order chi connectivity index (χ0) is 16.6. The molecule has 1 unspecified atom stereocenters. The smallest absolute Gasteiger partial charge is 0.370 e. The first-order chi connectivity index (χ1) is 10.3. The van der Waals surface area contributed by atoms with E-state index in [4.69, 9.17) is 0 Å². The van der Waals surface area contributed by atoms with Crippen LogP contribution in [0.4, 0.5) is 13.2 Å². The summed E-state index contributed by atoms with van der Waals surface area (Å²) in [4.78, 5) is 13.6. The summed E-state index contributed by atoms with van der Waals surface area (Å²) in [6.45, 7) is 0.909. The molecule has 0 radical (unpaired) electrons. The normalized spacial score (nSPS) is 13.2. The van der Waals surface area contributed by atoms with Gasteiger partial charge in [-0.15, -0.1) is 0 Å². The zero-order valence-corrected chi connectivity index (χ0v) is 12.7. The summed E-state index contributed by atoms with van der Waals surface area (Å²) in [6, 6.07) is 9.20. The largest absolute Gasteiger partial charge is 0.411 e. The van der Waals surface area contributed by atoms with Crippen molar-refractivity contribution in [3.8, 4) is 0 Å². The topological polar surface area (TPSA) is 41.6 Å². The predicted molar refractivity (Wildman–Crippen MR) is 77.3 cm³/mol. The highest BCUT2D eigenvalue weighted by Gasteiger charge is 2.27. The Kier molecular flexibility index (Phi) is 7.34. The Balaban J connectivity index is 2.24. The first kappa shape index (κ1) is 18.4. The van der Waals surface area contributed by atoms with Crippen LogP contribution in [0.5, 0.6) is 0 Å². The Labute approximate surface area is 128 Å². The fourth-order valence-electron chi connectivity index (χ4n) is 1.91. The predicted octanol–water partition coefficient (Wildman–Crippen LogP) is 2.20. The fraction of sp³-hybridized carbons (Fsp3) is 0.533. The maximum Gasteiger partial charge on any atom is 0.411 e. The summed E-state index contributed by atoms with van der Waals surface area (Å²) in [6.07, 6.45) is -4.35. The summed E-state index contributed by atoms with van der Waals surface area (Å²) < 4.78 is 40.3. The Morgan fingerprint density at radius 1 is 1.32 bits per heavy atom. The van der Waals surface area contributed by atoms with Crippen molar-refractivity contribution >= 4 is 5.91 Å². The van der Waals surface area contributed by atoms with Gasteiger partial charge in [-0.3, -0.25) is 9.69 Å². The molecule has 1 rings (SSSR count). The molecule has 0 aromatic heterocycles. The van der Waals surface area contributed by atoms with Crippen LogP contribution in [0.1, 0.15) is 12.5 Å². The van der Waals surface area contributed by atoms with Crippen molar-refractivity contribution in [3.63, 3.8) is 0 Å². The summed E-state index contributed by atoms with van der Waals surface area (Å²) in [5, 5.41) is 2.61. The minimum atomic E-state index is -4.35. The molecule has 0 aliphatic carbocycles. The minimum absolute atomic E-state index is 0.165. The second-order valence-electron chi connectivity index (χ2n) is 5.26. The van der Waals surface area contributed by atoms with Crippen molar-refractivity contribution in [2.45, 2.75) is 25.7 Å². The van der Waals surface area contributed by atoms with Gasteiger partial charge < -0.3 is 10.1 Å². The Morgan fingerprint density at radius 3 is 2.55 bits per heavy atom. The lowest BCUT2D eigenvalue weighted by molar-refractivity contribution is -0.175. The number of hydrogen-bond donors (Lipinski definition) is 1. The number of halogens is 3. The zero-order valence-electron chi connectivity index (χ0n) is 12.7. The van der Waals surface area contributed by atoms with Gasteiger partial charge >= 0.3 is 6.18 Å². The van der Waals surface area contributed by atoms with Crippen LogP contribution < -0.4 is 5.32 Å². The van der Waals surface area contributed by atoms with E-state index in [9.17, 15) is 18.0 Å². The van der Waals surface area contributed by atoms with Crippen molar-refractivity contribution in [2.75, 3.05) is 26.8 Å². The molecule has 1 aromatic rings. The molecule has 1 N–H and O–H groups in total. The Hall–Kier alpha value is -1.60. The first-order valence-corrected chi connectivity index (χ1v) is 6.92. The van der Waals surface area contributed by atoms with Gasteiger partial charge in [0.15, 0.2) is 0 Å². The Bertz CT molecular complexity index is 452. The number of rotatable bonds is 8. The molecule has 4 nitrogen and oxygen atoms in total. The van der Waals surface area contributed by atoms with Crippen LogP contribution in [0.25, 0.3) is 0 Å². The number of amides is 1. The second-order valence-corrected chi connectivity index (χ2v) is 5.26. The van der Waals surface area contributed by atoms with Crippen molar-refractivity contribution in [3.05, 3.63) is 35.9 Å². The molecule has 0 fully saturated rings. The lowest BCUT2D eigenvalue weighted by atomic mass is 10.2. The molecule has 1 aromatic carbocycles. The highest BCUT2D eigenvalue weighted by molar-refractivity contribution is 5.78. The molecule has 0 heterocycles. The van der Waals surface area contributed by atoms with Crippen molar-refractivity contribution in [1.29, 1.82) is 0 Å². The van der Waals surface area contributed by atoms with Gasteiger partial charge in [0.25, 0.3) is 0 Å². The SMILES string of the molecule is CC(COCC(F)(F)F)NC(=O)CN(C)Cc1ccccc1. The van der Waals surface area contributed by atoms with Crippen LogP contribution in [0.3, 0.4) is 0 Å². The standard InChI is InChI=1S/C15H21F3N2O2/c1-12(10-22-11-15(16,17)18)19-14(21)9-20(2)8-13-6-4-3-5-7-13/h3-7,12H,8-11H2,1-2H3,(H,19,21). The van der Waals surface area contributed by atoms with Crippen molar-refractivity contribution in [2.24, 2.45) is 0 Å². The van der Waals surface area contributed by atoms with Gasteiger partial charge in [-0.2, -0.15) is 13.2 Å². The third-order valence-electron chi connectivity index (χ3n) is 2.75. The van der Waals surface area contributed by atoms with E-state index < -0.39 is 18.8 Å². The van der Waals surface area contributed by atoms with Crippen LogP contribution in [-0.2, 0) is 16.1 Å². The van der Waals surface area contributed by atoms with Gasteiger partial charge in [-0.05, 0) is 19.5 Å². The van der Waals surface area contributed by atoms with Crippen LogP contribution in [0, 0.1) is 0 Å². The van der Waals surface area contributed by atoms with Gasteiger partial charge in [0, 0.05) is 12.6 Å². The molecule has 22 heavy (non-hydrogen) atoms. The summed E-state index contributed by atoms with van der Waals surface area (Å²) in [5.41, 5.74) is 1.08. The van der Waals surface area contributed by atoms with Crippen LogP contribution in [-0.4, -0.2) is 49.8 Å². The molecule has 1 atom stereocenters. The van der Waals surface area contributed by atoms with E-state index in [1.165, 1.54) is 0 Å². The fourth-order valence-corrected chi connectivity index (χ4v) is 1.91. The number of alkyl halides is 3. The maximum atomic E-state index is 11.9. The van der Waals surface area contributed by atoms with Crippen LogP contribution in [0.2, 0.25) is 0 Å². The number of likely N-dealkylation sites (N-methyl/N-ethyl adjacent to an activating group) is 1. The molecule has 0 spiro atoms. The number of ether oxygens (including phenoxy) is 1. The molecule has 7 heteroatoms. The molecule has 1 amide bonds. The lowest BCUT2D eigenvalue weighted by Gasteiger charge is -2.19. The van der Waals surface area contributed by atoms with E-state index >= 15 is 0 Å². The highest BCUT2D eigenvalue weighted by Crippen LogP contribution is 2.14. The molecule has 0 saturated carbocycles. The summed E-state index contributed by atoms with van der Waals surface area (Å²) >= 11 is 0. The summed E-state index contributed by atoms with van der Waals surface area (Å²) in [7, 11) is 1.80. The van der Waals surface area contributed by atoms with Gasteiger partial charge in [0.2, 0.25) is 5.91 Å². The monoisotopic (exact) mass is 318 g/mol. The number of nitrogens with one attached hydrogen (secondary N) is 1. The van der Waals surface area contributed by atoms with Gasteiger partial charge in [-0.25, -0.2) is 0 Å². The van der Waals surface area contributed by atoms with E-state index in [1.54, 1.807) is 14.0 Å². The highest BCUT2D eigenvalue weighted by atomic mass is 19.4. The third kappa shape index (κ3) is 8.63. The molecule has 0 bridgehead atoms. The van der Waals surface area contributed by atoms with E-state index in [0.29, 0.717) is 6.54 Å². The second kappa shape index (κ2) is 8.75. The van der Waals surface area contributed by atoms with E-state index in [0.717, 1.165) is 5.56 Å². The average molecular weight is 318 g/mol. The minimum Gasteiger partial charge on any atom is -0.370 e. The van der Waals surface area contributed by atoms with E-state index in [2.05, 4.69) is 10.1 Å². The van der Waals surface area contributed by atoms with E-state index in [1.807, 2.05) is 35.2 Å². The number of carbonyl (C=O) groups is 1. The molecule has 124 valence electrons. The quantitative estimate of drug-likeness (QED) is 0.799. The molecule has 0 aliphatic rings. The lowest BCUT2D eigenvalue weighted by Crippen LogP contribution is -2.41. The van der Waals surface area contributed by atoms with Gasteiger partial charge in [0.05, 0.1) is 13.2 Å². The molecule has 0 saturated heterocycles. The average Bonchev–Trinajstić information content (AvgIpc) is 2.37. The van der Waals surface area contributed by atoms with Gasteiger partial charge in [0.1, 0.15) is 6.61 Å². The van der Waals surface area contributed by atoms with Crippen molar-refractivity contribution in [1.82, 2.24) is 10.2 Å². The maximum absolute atomic E-state index is 11.9. The third-order valence-corrected chi connectivity index (χ3v) is 2.75. The van der Waals surface area contributed by atoms with E-state index in [-0.39, 0.29) is 19.1 Å². The first-order valence-electron chi connectivity index (χ1n) is 6.92. The van der Waals surface area contributed by atoms with Gasteiger partial charge in [-0.1, -0.05) is 30.3 Å². The number of hydrogen-bond acceptors (Lipinski definition) is 3. The summed E-state index contributed by atoms with van der Waals surface area (Å²) in [5.74, 6) is -0.249. The number of nitrogens with zero attached hydrogens (tertiary/aromatic N) is 1. The Morgan fingerprint density at radius 2 is 1.95 bits per heavy atom. The molecular weight excluding hydrogens is 297 g/mol. The number of benzene rings is 1. The van der Waals surface area contributed by atoms with Crippen LogP contribution >= 0.6 is 0 Å². The molecular formula is C15H21F3N2O2. The number of carbonyl (C=O) groups excluding carboxylic acids is 1. The molecule has 0 aliphatic heterocycles. The van der Waals surface area contributed by atoms with Crippen LogP contribution in [0.15, 0.2) is 30.3 Å². The van der Waals surface area contributed by atoms with Crippen molar-refractivity contribution < 1.29 is 22.7 Å².